The Labute approximate surface area is 649 Å². The van der Waals surface area contributed by atoms with E-state index in [2.05, 4.69) is 147 Å². The molecular formula is C103H64F6N2O2. The molecule has 20 rings (SSSR count). The van der Waals surface area contributed by atoms with E-state index in [1.54, 1.807) is 24.3 Å². The van der Waals surface area contributed by atoms with Gasteiger partial charge in [-0.2, -0.15) is 0 Å². The number of ether oxygens (including phenoxy) is 2. The van der Waals surface area contributed by atoms with Gasteiger partial charge >= 0.3 is 0 Å². The molecule has 4 aliphatic carbocycles. The monoisotopic (exact) mass is 1470 g/mol. The maximum atomic E-state index is 16.5. The summed E-state index contributed by atoms with van der Waals surface area (Å²) in [6.07, 6.45) is 3.56. The highest BCUT2D eigenvalue weighted by Crippen LogP contribution is 2.66. The Morgan fingerprint density at radius 2 is 0.460 bits per heavy atom. The van der Waals surface area contributed by atoms with Gasteiger partial charge in [-0.25, -0.2) is 26.3 Å². The number of hydrogen-bond donors (Lipinski definition) is 0. The standard InChI is InChI=1S/C103H64F6N2O2/c1-3-63-21-43-77(44-22-63)112-79-47-29-67(30-48-79)101(65-25-33-69(104)34-26-65)89-17-9-5-13-81(89)85-51-37-71(57-93(85)101)110(75-41-55-97(106)99(108)61-75)73-39-53-87-83-15-7-11-19-91(83)103(95(87)59-73)92-20-12-8-16-84(92)88-54-40-74(60-96(88)103)111(76-42-56-98(107)100(109)62-76)72-38-52-86-82-14-6-10-18-90(82)102(94(86)58-72,66-27-35-70(105)36-28-66)68-31-49-80(50-32-68)113-78-45-23-64(4-2)24-46-78/h3-62H,1-2H2. The lowest BCUT2D eigenvalue weighted by molar-refractivity contribution is 0.482. The molecule has 540 valence electrons. The maximum absolute atomic E-state index is 16.5. The fourth-order valence-corrected chi connectivity index (χ4v) is 18.5. The first-order valence-corrected chi connectivity index (χ1v) is 37.4. The maximum Gasteiger partial charge on any atom is 0.160 e. The van der Waals surface area contributed by atoms with Gasteiger partial charge in [0.05, 0.1) is 16.2 Å². The van der Waals surface area contributed by atoms with Crippen LogP contribution in [0.4, 0.5) is 60.5 Å². The summed E-state index contributed by atoms with van der Waals surface area (Å²) in [5.41, 5.74) is 20.4. The van der Waals surface area contributed by atoms with Crippen LogP contribution in [0.25, 0.3) is 56.7 Å². The smallest absolute Gasteiger partial charge is 0.160 e. The second kappa shape index (κ2) is 26.5. The Morgan fingerprint density at radius 3 is 0.752 bits per heavy atom. The number of rotatable bonds is 16. The van der Waals surface area contributed by atoms with Gasteiger partial charge in [0, 0.05) is 46.3 Å². The van der Waals surface area contributed by atoms with Crippen LogP contribution in [0.15, 0.2) is 365 Å². The summed E-state index contributed by atoms with van der Waals surface area (Å²) in [5, 5.41) is 0. The topological polar surface area (TPSA) is 24.9 Å². The number of fused-ring (bicyclic) bond motifs is 16. The van der Waals surface area contributed by atoms with Gasteiger partial charge in [0.1, 0.15) is 34.6 Å². The Balaban J connectivity index is 0.772. The Bertz CT molecular complexity index is 6160. The minimum atomic E-state index is -1.08. The molecule has 0 aromatic heterocycles. The molecule has 0 aliphatic heterocycles. The molecule has 0 amide bonds. The second-order valence-corrected chi connectivity index (χ2v) is 29.0. The molecule has 4 aliphatic rings. The quantitative estimate of drug-likeness (QED) is 0.0900. The van der Waals surface area contributed by atoms with Gasteiger partial charge in [0.25, 0.3) is 0 Å². The number of hydrogen-bond acceptors (Lipinski definition) is 4. The van der Waals surface area contributed by atoms with Crippen LogP contribution in [0, 0.1) is 34.9 Å². The first-order valence-electron chi connectivity index (χ1n) is 37.4. The van der Waals surface area contributed by atoms with Gasteiger partial charge in [-0.15, -0.1) is 0 Å². The van der Waals surface area contributed by atoms with Gasteiger partial charge in [0.2, 0.25) is 0 Å². The van der Waals surface area contributed by atoms with Crippen molar-refractivity contribution < 1.29 is 35.8 Å². The number of nitrogens with zero attached hydrogens (tertiary/aromatic N) is 2. The van der Waals surface area contributed by atoms with Crippen molar-refractivity contribution in [3.8, 4) is 67.5 Å². The second-order valence-electron chi connectivity index (χ2n) is 29.0. The van der Waals surface area contributed by atoms with Crippen LogP contribution in [-0.2, 0) is 16.2 Å². The van der Waals surface area contributed by atoms with Crippen molar-refractivity contribution in [2.45, 2.75) is 16.2 Å². The van der Waals surface area contributed by atoms with Gasteiger partial charge in [-0.3, -0.25) is 0 Å². The molecule has 16 aromatic carbocycles. The van der Waals surface area contributed by atoms with E-state index in [4.69, 9.17) is 9.47 Å². The summed E-state index contributed by atoms with van der Waals surface area (Å²) in [5.74, 6) is -2.37. The molecule has 10 heteroatoms. The number of benzene rings is 16. The Kier molecular flexibility index (Phi) is 16.0. The highest BCUT2D eigenvalue weighted by Gasteiger charge is 2.53. The van der Waals surface area contributed by atoms with E-state index in [0.717, 1.165) is 135 Å². The zero-order chi connectivity index (χ0) is 76.4. The van der Waals surface area contributed by atoms with E-state index in [0.29, 0.717) is 57.1 Å². The third kappa shape index (κ3) is 10.5. The van der Waals surface area contributed by atoms with E-state index >= 15 is 26.3 Å². The van der Waals surface area contributed by atoms with Crippen molar-refractivity contribution in [3.05, 3.63) is 478 Å². The molecule has 0 saturated carbocycles. The molecule has 1 spiro atoms. The number of halogens is 6. The highest BCUT2D eigenvalue weighted by molar-refractivity contribution is 5.99. The minimum Gasteiger partial charge on any atom is -0.457 e. The first kappa shape index (κ1) is 68.1. The van der Waals surface area contributed by atoms with E-state index < -0.39 is 51.1 Å². The largest absolute Gasteiger partial charge is 0.457 e. The number of anilines is 6. The third-order valence-corrected chi connectivity index (χ3v) is 23.3. The molecule has 4 nitrogen and oxygen atoms in total. The predicted octanol–water partition coefficient (Wildman–Crippen LogP) is 27.4. The van der Waals surface area contributed by atoms with Crippen LogP contribution in [0.5, 0.6) is 23.0 Å². The zero-order valence-electron chi connectivity index (χ0n) is 60.5. The summed E-state index contributed by atoms with van der Waals surface area (Å²) in [6.45, 7) is 7.80. The lowest BCUT2D eigenvalue weighted by Crippen LogP contribution is -2.29. The van der Waals surface area contributed by atoms with Crippen LogP contribution in [0.3, 0.4) is 0 Å². The van der Waals surface area contributed by atoms with E-state index in [9.17, 15) is 0 Å². The molecule has 2 unspecified atom stereocenters. The molecule has 0 N–H and O–H groups in total. The summed E-state index contributed by atoms with van der Waals surface area (Å²) in [4.78, 5) is 3.94. The Hall–Kier alpha value is -14.2. The van der Waals surface area contributed by atoms with E-state index in [1.807, 2.05) is 168 Å². The molecule has 0 fully saturated rings. The lowest BCUT2D eigenvalue weighted by Gasteiger charge is -2.35. The van der Waals surface area contributed by atoms with Crippen molar-refractivity contribution in [2.24, 2.45) is 0 Å². The average Bonchev–Trinajstić information content (AvgIpc) is 1.53. The highest BCUT2D eigenvalue weighted by atomic mass is 19.2. The molecule has 0 saturated heterocycles. The fraction of sp³-hybridized carbons (Fsp3) is 0.0291. The summed E-state index contributed by atoms with van der Waals surface area (Å²) < 4.78 is 108. The summed E-state index contributed by atoms with van der Waals surface area (Å²) in [7, 11) is 0. The Morgan fingerprint density at radius 1 is 0.221 bits per heavy atom. The molecule has 0 radical (unpaired) electrons. The molecule has 2 atom stereocenters. The van der Waals surface area contributed by atoms with E-state index in [-0.39, 0.29) is 0 Å². The van der Waals surface area contributed by atoms with Gasteiger partial charge in [-0.05, 0) is 268 Å². The summed E-state index contributed by atoms with van der Waals surface area (Å²) in [6, 6.07) is 111. The molecule has 16 aromatic rings. The van der Waals surface area contributed by atoms with Crippen LogP contribution >= 0.6 is 0 Å². The predicted molar refractivity (Wildman–Crippen MR) is 440 cm³/mol. The van der Waals surface area contributed by atoms with Crippen molar-refractivity contribution >= 4 is 46.3 Å². The first-order chi connectivity index (χ1) is 55.3. The van der Waals surface area contributed by atoms with Crippen molar-refractivity contribution in [1.82, 2.24) is 0 Å². The molecule has 0 bridgehead atoms. The van der Waals surface area contributed by atoms with Crippen LogP contribution in [0.2, 0.25) is 0 Å². The van der Waals surface area contributed by atoms with Crippen LogP contribution in [0.1, 0.15) is 77.9 Å². The lowest BCUT2D eigenvalue weighted by atomic mass is 9.67. The van der Waals surface area contributed by atoms with Crippen LogP contribution < -0.4 is 19.3 Å². The molecule has 0 heterocycles. The van der Waals surface area contributed by atoms with Gasteiger partial charge < -0.3 is 19.3 Å². The van der Waals surface area contributed by atoms with Gasteiger partial charge in [-0.1, -0.05) is 219 Å². The van der Waals surface area contributed by atoms with Crippen molar-refractivity contribution in [1.29, 1.82) is 0 Å². The zero-order valence-corrected chi connectivity index (χ0v) is 60.5. The van der Waals surface area contributed by atoms with Gasteiger partial charge in [0.15, 0.2) is 23.3 Å². The van der Waals surface area contributed by atoms with Crippen molar-refractivity contribution in [2.75, 3.05) is 9.80 Å². The minimum absolute atomic E-state index is 0.341. The molecule has 113 heavy (non-hydrogen) atoms. The van der Waals surface area contributed by atoms with Crippen molar-refractivity contribution in [3.63, 3.8) is 0 Å². The summed E-state index contributed by atoms with van der Waals surface area (Å²) >= 11 is 0. The fourth-order valence-electron chi connectivity index (χ4n) is 18.5. The normalized spacial score (nSPS) is 16.1. The van der Waals surface area contributed by atoms with E-state index in [1.165, 1.54) is 36.4 Å². The van der Waals surface area contributed by atoms with Crippen LogP contribution in [-0.4, -0.2) is 0 Å². The average molecular weight is 1480 g/mol. The molecular weight excluding hydrogens is 1410 g/mol. The third-order valence-electron chi connectivity index (χ3n) is 23.3. The SMILES string of the molecule is C=Cc1ccc(Oc2ccc(C3(c4ccc(F)cc4)c4ccccc4-c4ccc(N(c5ccc(F)c(F)c5)c5ccc6c(c5)C5(c7ccccc7-6)c6ccccc6-c6ccc(N(c7ccc(F)c(F)c7)c7ccc8c(c7)C(c7ccc(F)cc7)(c7ccc(Oc9ccc(C=C)cc9)cc7)c7ccccc7-8)cc65)cc43)cc2)cc1.